The molecule has 8 heteroatoms. The maximum atomic E-state index is 13.2. The molecule has 0 N–H and O–H groups in total. The van der Waals surface area contributed by atoms with Gasteiger partial charge >= 0.3 is 18.1 Å². The standard InChI is InChI=1S/C19H20F3NO4/c1-10-14(17(24)26-4)16(15(18(25)27-5)11(2)23(10)3)12-7-6-8-13(9-12)19(20,21)22/h6-10H,1-5H3. The van der Waals surface area contributed by atoms with Gasteiger partial charge in [0.25, 0.3) is 0 Å². The number of likely N-dealkylation sites (N-methyl/N-ethyl adjacent to an activating group) is 1. The van der Waals surface area contributed by atoms with E-state index < -0.39 is 29.7 Å². The molecular formula is C19H20F3NO4. The van der Waals surface area contributed by atoms with Crippen LogP contribution in [-0.2, 0) is 25.2 Å². The zero-order valence-electron chi connectivity index (χ0n) is 15.6. The number of alkyl halides is 3. The molecule has 0 saturated heterocycles. The van der Waals surface area contributed by atoms with E-state index >= 15 is 0 Å². The Morgan fingerprint density at radius 1 is 1.11 bits per heavy atom. The third kappa shape index (κ3) is 3.70. The van der Waals surface area contributed by atoms with Crippen LogP contribution < -0.4 is 0 Å². The van der Waals surface area contributed by atoms with Crippen LogP contribution in [0.15, 0.2) is 41.1 Å². The summed E-state index contributed by atoms with van der Waals surface area (Å²) in [4.78, 5) is 26.6. The molecular weight excluding hydrogens is 363 g/mol. The van der Waals surface area contributed by atoms with Crippen molar-refractivity contribution in [3.05, 3.63) is 52.2 Å². The largest absolute Gasteiger partial charge is 0.466 e. The number of hydrogen-bond acceptors (Lipinski definition) is 5. The van der Waals surface area contributed by atoms with E-state index in [1.54, 1.807) is 25.8 Å². The fraction of sp³-hybridized carbons (Fsp3) is 0.368. The lowest BCUT2D eigenvalue weighted by molar-refractivity contribution is -0.138. The van der Waals surface area contributed by atoms with Crippen LogP contribution in [0.25, 0.3) is 5.57 Å². The topological polar surface area (TPSA) is 55.8 Å². The zero-order valence-corrected chi connectivity index (χ0v) is 15.6. The number of benzene rings is 1. The number of carbonyl (C=O) groups excluding carboxylic acids is 2. The third-order valence-corrected chi connectivity index (χ3v) is 4.68. The summed E-state index contributed by atoms with van der Waals surface area (Å²) in [5.41, 5.74) is -0.115. The molecule has 0 bridgehead atoms. The normalized spacial score (nSPS) is 17.9. The second-order valence-corrected chi connectivity index (χ2v) is 6.10. The molecule has 1 unspecified atom stereocenters. The molecule has 27 heavy (non-hydrogen) atoms. The lowest BCUT2D eigenvalue weighted by Gasteiger charge is -2.36. The van der Waals surface area contributed by atoms with Gasteiger partial charge in [0.15, 0.2) is 0 Å². The zero-order chi connectivity index (χ0) is 20.5. The van der Waals surface area contributed by atoms with Gasteiger partial charge in [-0.3, -0.25) is 0 Å². The quantitative estimate of drug-likeness (QED) is 0.749. The van der Waals surface area contributed by atoms with E-state index in [2.05, 4.69) is 0 Å². The van der Waals surface area contributed by atoms with Crippen LogP contribution in [0.1, 0.15) is 25.0 Å². The summed E-state index contributed by atoms with van der Waals surface area (Å²) in [5.74, 6) is -1.48. The highest BCUT2D eigenvalue weighted by Crippen LogP contribution is 2.40. The van der Waals surface area contributed by atoms with Crippen molar-refractivity contribution in [3.8, 4) is 0 Å². The summed E-state index contributed by atoms with van der Waals surface area (Å²) in [6.07, 6.45) is -4.57. The van der Waals surface area contributed by atoms with Gasteiger partial charge in [0, 0.05) is 18.3 Å². The molecule has 1 aliphatic heterocycles. The fourth-order valence-corrected chi connectivity index (χ4v) is 3.07. The van der Waals surface area contributed by atoms with Crippen molar-refractivity contribution in [1.29, 1.82) is 0 Å². The highest BCUT2D eigenvalue weighted by Gasteiger charge is 2.38. The van der Waals surface area contributed by atoms with Crippen LogP contribution in [-0.4, -0.2) is 44.1 Å². The predicted octanol–water partition coefficient (Wildman–Crippen LogP) is 3.41. The first-order valence-electron chi connectivity index (χ1n) is 8.07. The Hall–Kier alpha value is -2.77. The Kier molecular flexibility index (Phi) is 5.67. The number of rotatable bonds is 3. The first-order chi connectivity index (χ1) is 12.5. The molecule has 0 aromatic heterocycles. The van der Waals surface area contributed by atoms with Crippen molar-refractivity contribution in [1.82, 2.24) is 4.90 Å². The van der Waals surface area contributed by atoms with Crippen LogP contribution in [0.3, 0.4) is 0 Å². The summed E-state index contributed by atoms with van der Waals surface area (Å²) >= 11 is 0. The Balaban J connectivity index is 2.88. The van der Waals surface area contributed by atoms with Crippen molar-refractivity contribution in [2.75, 3.05) is 21.3 Å². The maximum absolute atomic E-state index is 13.2. The smallest absolute Gasteiger partial charge is 0.416 e. The van der Waals surface area contributed by atoms with Crippen molar-refractivity contribution in [2.45, 2.75) is 26.1 Å². The second-order valence-electron chi connectivity index (χ2n) is 6.10. The summed E-state index contributed by atoms with van der Waals surface area (Å²) in [6.45, 7) is 3.35. The first kappa shape index (κ1) is 20.5. The van der Waals surface area contributed by atoms with Crippen LogP contribution in [0.2, 0.25) is 0 Å². The molecule has 1 aromatic carbocycles. The average molecular weight is 383 g/mol. The molecule has 146 valence electrons. The molecule has 1 heterocycles. The minimum Gasteiger partial charge on any atom is -0.466 e. The van der Waals surface area contributed by atoms with Gasteiger partial charge in [0.1, 0.15) is 0 Å². The number of methoxy groups -OCH3 is 2. The molecule has 5 nitrogen and oxygen atoms in total. The van der Waals surface area contributed by atoms with Crippen LogP contribution in [0, 0.1) is 0 Å². The van der Waals surface area contributed by atoms with E-state index in [0.717, 1.165) is 12.1 Å². The molecule has 1 aromatic rings. The molecule has 0 aliphatic carbocycles. The summed E-state index contributed by atoms with van der Waals surface area (Å²) in [5, 5.41) is 0. The van der Waals surface area contributed by atoms with Gasteiger partial charge in [-0.15, -0.1) is 0 Å². The highest BCUT2D eigenvalue weighted by molar-refractivity contribution is 6.14. The number of carbonyl (C=O) groups is 2. The van der Waals surface area contributed by atoms with E-state index in [1.165, 1.54) is 26.4 Å². The molecule has 0 fully saturated rings. The molecule has 0 amide bonds. The molecule has 1 aliphatic rings. The van der Waals surface area contributed by atoms with Gasteiger partial charge in [-0.25, -0.2) is 9.59 Å². The summed E-state index contributed by atoms with van der Waals surface area (Å²) < 4.78 is 49.2. The van der Waals surface area contributed by atoms with Gasteiger partial charge in [0.05, 0.1) is 37.0 Å². The Morgan fingerprint density at radius 2 is 1.70 bits per heavy atom. The maximum Gasteiger partial charge on any atom is 0.416 e. The fourth-order valence-electron chi connectivity index (χ4n) is 3.07. The van der Waals surface area contributed by atoms with E-state index in [9.17, 15) is 22.8 Å². The number of hydrogen-bond donors (Lipinski definition) is 0. The van der Waals surface area contributed by atoms with E-state index in [4.69, 9.17) is 9.47 Å². The number of ether oxygens (including phenoxy) is 2. The van der Waals surface area contributed by atoms with E-state index in [0.29, 0.717) is 5.70 Å². The monoisotopic (exact) mass is 383 g/mol. The number of esters is 2. The lowest BCUT2D eigenvalue weighted by atomic mass is 9.84. The van der Waals surface area contributed by atoms with Crippen LogP contribution >= 0.6 is 0 Å². The van der Waals surface area contributed by atoms with Gasteiger partial charge < -0.3 is 14.4 Å². The number of allylic oxidation sites excluding steroid dienone is 1. The Morgan fingerprint density at radius 3 is 2.22 bits per heavy atom. The van der Waals surface area contributed by atoms with E-state index in [-0.39, 0.29) is 22.3 Å². The molecule has 2 rings (SSSR count). The molecule has 0 spiro atoms. The number of halogens is 3. The third-order valence-electron chi connectivity index (χ3n) is 4.68. The highest BCUT2D eigenvalue weighted by atomic mass is 19.4. The van der Waals surface area contributed by atoms with Gasteiger partial charge in [-0.05, 0) is 31.5 Å². The van der Waals surface area contributed by atoms with Gasteiger partial charge in [-0.1, -0.05) is 12.1 Å². The van der Waals surface area contributed by atoms with Crippen LogP contribution in [0.4, 0.5) is 13.2 Å². The average Bonchev–Trinajstić information content (AvgIpc) is 2.64. The minimum atomic E-state index is -4.57. The summed E-state index contributed by atoms with van der Waals surface area (Å²) in [6, 6.07) is 3.96. The predicted molar refractivity (Wildman–Crippen MR) is 92.3 cm³/mol. The van der Waals surface area contributed by atoms with E-state index in [1.807, 2.05) is 0 Å². The van der Waals surface area contributed by atoms with Crippen molar-refractivity contribution in [3.63, 3.8) is 0 Å². The molecule has 0 radical (unpaired) electrons. The SMILES string of the molecule is COC(=O)C1=C(C)N(C)C(C)C(C(=O)OC)=C1c1cccc(C(F)(F)F)c1. The summed E-state index contributed by atoms with van der Waals surface area (Å²) in [7, 11) is 4.02. The van der Waals surface area contributed by atoms with Crippen molar-refractivity contribution in [2.24, 2.45) is 0 Å². The Labute approximate surface area is 155 Å². The van der Waals surface area contributed by atoms with Gasteiger partial charge in [0.2, 0.25) is 0 Å². The van der Waals surface area contributed by atoms with Crippen molar-refractivity contribution >= 4 is 17.5 Å². The lowest BCUT2D eigenvalue weighted by Crippen LogP contribution is -2.38. The van der Waals surface area contributed by atoms with Crippen LogP contribution in [0.5, 0.6) is 0 Å². The van der Waals surface area contributed by atoms with Gasteiger partial charge in [-0.2, -0.15) is 13.2 Å². The Bertz CT molecular complexity index is 840. The second kappa shape index (κ2) is 7.46. The first-order valence-corrected chi connectivity index (χ1v) is 8.07. The minimum absolute atomic E-state index is 0.0258. The molecule has 1 atom stereocenters. The van der Waals surface area contributed by atoms with Crippen molar-refractivity contribution < 1.29 is 32.2 Å². The molecule has 0 saturated carbocycles. The number of nitrogens with zero attached hydrogens (tertiary/aromatic N) is 1.